The van der Waals surface area contributed by atoms with Crippen LogP contribution in [0.3, 0.4) is 0 Å². The van der Waals surface area contributed by atoms with Crippen LogP contribution in [0.25, 0.3) is 0 Å². The van der Waals surface area contributed by atoms with Crippen LogP contribution in [0.5, 0.6) is 0 Å². The minimum atomic E-state index is 0. The largest absolute Gasteiger partial charge is 0.390 e. The van der Waals surface area contributed by atoms with E-state index in [0.717, 1.165) is 80.0 Å². The molecular formula is C56H81ClN8O3. The molecule has 0 spiro atoms. The normalized spacial score (nSPS) is 26.4. The number of halogens is 1. The number of fused-ring (bicyclic) bond motifs is 2. The molecule has 8 aliphatic carbocycles. The molecule has 0 radical (unpaired) electrons. The number of nitrogens with one attached hydrogen (secondary N) is 4. The second-order valence-corrected chi connectivity index (χ2v) is 21.0. The molecule has 3 saturated carbocycles. The molecular weight excluding hydrogens is 868 g/mol. The summed E-state index contributed by atoms with van der Waals surface area (Å²) < 4.78 is 0. The van der Waals surface area contributed by atoms with Gasteiger partial charge in [0.2, 0.25) is 0 Å². The quantitative estimate of drug-likeness (QED) is 0.115. The number of aliphatic hydroxyl groups excluding tert-OH is 1. The molecule has 0 aromatic carbocycles. The Morgan fingerprint density at radius 1 is 0.515 bits per heavy atom. The Bertz CT molecular complexity index is 2170. The molecule has 370 valence electrons. The van der Waals surface area contributed by atoms with Crippen molar-refractivity contribution in [3.63, 3.8) is 0 Å². The van der Waals surface area contributed by atoms with Gasteiger partial charge in [-0.2, -0.15) is 0 Å². The Labute approximate surface area is 412 Å². The van der Waals surface area contributed by atoms with Crippen LogP contribution in [0.1, 0.15) is 190 Å². The van der Waals surface area contributed by atoms with Crippen molar-refractivity contribution < 1.29 is 14.7 Å². The van der Waals surface area contributed by atoms with E-state index in [1.807, 2.05) is 29.7 Å². The van der Waals surface area contributed by atoms with Crippen LogP contribution in [0.15, 0.2) is 84.0 Å². The minimum Gasteiger partial charge on any atom is -0.390 e. The predicted molar refractivity (Wildman–Crippen MR) is 272 cm³/mol. The van der Waals surface area contributed by atoms with Gasteiger partial charge >= 0.3 is 0 Å². The zero-order chi connectivity index (χ0) is 46.0. The van der Waals surface area contributed by atoms with E-state index in [4.69, 9.17) is 5.11 Å². The van der Waals surface area contributed by atoms with E-state index in [-0.39, 0.29) is 24.9 Å². The van der Waals surface area contributed by atoms with Gasteiger partial charge in [-0.25, -0.2) is 19.9 Å². The highest BCUT2D eigenvalue weighted by molar-refractivity contribution is 5.99. The number of hydrogen-bond acceptors (Lipinski definition) is 7. The van der Waals surface area contributed by atoms with Gasteiger partial charge in [0.05, 0.1) is 43.8 Å². The first-order valence-corrected chi connectivity index (χ1v) is 26.7. The average molecular weight is 950 g/mol. The SMILES string of the molecule is C1=C2CCCCC2CCC1Cc1cnc[nH]1.Cl.O=C1C2=C(CCCC2)CCC1Cc1cnc[nH]1.O=C1CCCC2CCCCC12.OCc1cnc[nH]1.c1ncc(CC2CCC3=C(CCCC3)C2)[nH]1. The Morgan fingerprint density at radius 3 is 1.78 bits per heavy atom. The van der Waals surface area contributed by atoms with Crippen LogP contribution in [0.4, 0.5) is 0 Å². The average Bonchev–Trinajstić information content (AvgIpc) is 4.25. The molecule has 12 heteroatoms. The molecule has 6 atom stereocenters. The van der Waals surface area contributed by atoms with E-state index < -0.39 is 0 Å². The first kappa shape index (κ1) is 51.5. The number of nitrogens with zero attached hydrogens (tertiary/aromatic N) is 4. The van der Waals surface area contributed by atoms with Crippen molar-refractivity contribution >= 4 is 24.0 Å². The van der Waals surface area contributed by atoms with Crippen LogP contribution in [-0.2, 0) is 35.5 Å². The smallest absolute Gasteiger partial charge is 0.162 e. The summed E-state index contributed by atoms with van der Waals surface area (Å²) in [4.78, 5) is 52.0. The van der Waals surface area contributed by atoms with Crippen LogP contribution in [-0.4, -0.2) is 56.5 Å². The van der Waals surface area contributed by atoms with Crippen LogP contribution < -0.4 is 0 Å². The van der Waals surface area contributed by atoms with Crippen LogP contribution in [0.2, 0.25) is 0 Å². The summed E-state index contributed by atoms with van der Waals surface area (Å²) in [5.41, 5.74) is 12.5. The molecule has 68 heavy (non-hydrogen) atoms. The molecule has 4 aromatic rings. The third kappa shape index (κ3) is 15.1. The summed E-state index contributed by atoms with van der Waals surface area (Å²) in [5.74, 6) is 4.99. The van der Waals surface area contributed by atoms with Gasteiger partial charge in [0, 0.05) is 53.9 Å². The van der Waals surface area contributed by atoms with E-state index in [9.17, 15) is 9.59 Å². The van der Waals surface area contributed by atoms with Crippen LogP contribution in [0, 0.1) is 35.5 Å². The summed E-state index contributed by atoms with van der Waals surface area (Å²) in [7, 11) is 0. The van der Waals surface area contributed by atoms with E-state index in [1.165, 1.54) is 170 Å². The number of carbonyl (C=O) groups excluding carboxylic acids is 2. The van der Waals surface area contributed by atoms with Gasteiger partial charge in [0.1, 0.15) is 5.78 Å². The molecule has 0 saturated heterocycles. The second-order valence-electron chi connectivity index (χ2n) is 21.0. The maximum absolute atomic E-state index is 12.4. The molecule has 8 aliphatic rings. The number of allylic oxidation sites excluding steroid dienone is 6. The molecule has 4 aromatic heterocycles. The number of hydrogen-bond donors (Lipinski definition) is 5. The zero-order valence-electron chi connectivity index (χ0n) is 40.8. The summed E-state index contributed by atoms with van der Waals surface area (Å²) in [6.45, 7) is 0.0417. The number of aromatic amines is 4. The van der Waals surface area contributed by atoms with Gasteiger partial charge in [0.15, 0.2) is 5.78 Å². The fraction of sp³-hybridized carbons (Fsp3) is 0.643. The first-order chi connectivity index (χ1) is 33.0. The lowest BCUT2D eigenvalue weighted by Gasteiger charge is -2.33. The maximum atomic E-state index is 12.4. The monoisotopic (exact) mass is 949 g/mol. The third-order valence-corrected chi connectivity index (χ3v) is 16.4. The number of Topliss-reactive ketones (excluding diaryl/α,β-unsaturated/α-hetero) is 2. The fourth-order valence-corrected chi connectivity index (χ4v) is 12.8. The summed E-state index contributed by atoms with van der Waals surface area (Å²) in [6.07, 6.45) is 53.5. The second kappa shape index (κ2) is 27.2. The van der Waals surface area contributed by atoms with Gasteiger partial charge in [-0.15, -0.1) is 12.4 Å². The zero-order valence-corrected chi connectivity index (χ0v) is 41.7. The Kier molecular flexibility index (Phi) is 20.6. The van der Waals surface area contributed by atoms with Gasteiger partial charge in [0.25, 0.3) is 0 Å². The molecule has 11 nitrogen and oxygen atoms in total. The van der Waals surface area contributed by atoms with Crippen molar-refractivity contribution in [2.24, 2.45) is 35.5 Å². The van der Waals surface area contributed by atoms with E-state index in [1.54, 1.807) is 30.8 Å². The number of carbonyl (C=O) groups is 2. The highest BCUT2D eigenvalue weighted by Crippen LogP contribution is 2.41. The molecule has 0 aliphatic heterocycles. The van der Waals surface area contributed by atoms with Crippen molar-refractivity contribution in [1.29, 1.82) is 0 Å². The first-order valence-electron chi connectivity index (χ1n) is 26.7. The maximum Gasteiger partial charge on any atom is 0.162 e. The molecule has 0 bridgehead atoms. The van der Waals surface area contributed by atoms with Gasteiger partial charge in [-0.05, 0) is 190 Å². The molecule has 5 N–H and O–H groups in total. The van der Waals surface area contributed by atoms with Gasteiger partial charge in [-0.3, -0.25) is 9.59 Å². The fourth-order valence-electron chi connectivity index (χ4n) is 12.8. The van der Waals surface area contributed by atoms with Crippen molar-refractivity contribution in [3.8, 4) is 0 Å². The highest BCUT2D eigenvalue weighted by atomic mass is 35.5. The lowest BCUT2D eigenvalue weighted by Crippen LogP contribution is -2.30. The summed E-state index contributed by atoms with van der Waals surface area (Å²) in [5, 5.41) is 8.36. The number of rotatable bonds is 7. The van der Waals surface area contributed by atoms with Gasteiger partial charge in [-0.1, -0.05) is 47.6 Å². The summed E-state index contributed by atoms with van der Waals surface area (Å²) in [6, 6.07) is 0. The predicted octanol–water partition coefficient (Wildman–Crippen LogP) is 12.8. The Morgan fingerprint density at radius 2 is 1.10 bits per heavy atom. The molecule has 4 heterocycles. The topological polar surface area (TPSA) is 169 Å². The van der Waals surface area contributed by atoms with Crippen molar-refractivity contribution in [1.82, 2.24) is 39.9 Å². The van der Waals surface area contributed by atoms with E-state index in [2.05, 4.69) is 45.9 Å². The third-order valence-electron chi connectivity index (χ3n) is 16.4. The molecule has 3 fully saturated rings. The summed E-state index contributed by atoms with van der Waals surface area (Å²) >= 11 is 0. The van der Waals surface area contributed by atoms with Crippen molar-refractivity contribution in [2.75, 3.05) is 0 Å². The highest BCUT2D eigenvalue weighted by Gasteiger charge is 2.34. The van der Waals surface area contributed by atoms with E-state index in [0.29, 0.717) is 17.5 Å². The number of aliphatic hydroxyl groups is 1. The Hall–Kier alpha value is -4.35. The van der Waals surface area contributed by atoms with Crippen molar-refractivity contribution in [2.45, 2.75) is 193 Å². The lowest BCUT2D eigenvalue weighted by atomic mass is 9.70. The number of imidazole rings is 4. The number of aromatic nitrogens is 8. The standard InChI is InChI=1S/C14H18N2O.2C14H20N2.C10H16O.C4H6N2O.ClH/c17-14-11(7-12-8-15-9-16-12)6-5-10-3-1-2-4-13(10)14;2*1-2-4-13-7-11(5-6-12(13)3-1)8-14-9-15-10-16-14;11-10-7-3-5-8-4-1-2-6-9(8)10;7-2-4-1-5-3-6-4;/h8-9,11H,1-7H2,(H,15,16);9-11H,1-8H2,(H,15,16);7,9-12H,1-6,8H2,(H,15,16);8-9H,1-7H2;1,3,7H,2H2,(H,5,6);1H. The lowest BCUT2D eigenvalue weighted by molar-refractivity contribution is -0.128. The number of H-pyrrole nitrogens is 4. The van der Waals surface area contributed by atoms with Gasteiger partial charge < -0.3 is 25.0 Å². The van der Waals surface area contributed by atoms with Crippen molar-refractivity contribution in [3.05, 3.63) is 107 Å². The minimum absolute atomic E-state index is 0. The molecule has 0 amide bonds. The molecule has 12 rings (SSSR count). The van der Waals surface area contributed by atoms with E-state index >= 15 is 0 Å². The molecule has 6 unspecified atom stereocenters. The number of ketones is 2. The Balaban J connectivity index is 0.000000129. The van der Waals surface area contributed by atoms with Crippen LogP contribution >= 0.6 is 12.4 Å².